The van der Waals surface area contributed by atoms with Crippen molar-refractivity contribution in [3.63, 3.8) is 0 Å². The van der Waals surface area contributed by atoms with Crippen LogP contribution in [0.5, 0.6) is 11.5 Å². The van der Waals surface area contributed by atoms with Crippen LogP contribution in [-0.2, 0) is 9.59 Å². The molecule has 1 fully saturated rings. The van der Waals surface area contributed by atoms with Crippen molar-refractivity contribution in [2.75, 3.05) is 19.2 Å². The van der Waals surface area contributed by atoms with E-state index in [-0.39, 0.29) is 24.7 Å². The second-order valence-electron chi connectivity index (χ2n) is 6.57. The number of carboxylic acids is 1. The van der Waals surface area contributed by atoms with Gasteiger partial charge < -0.3 is 19.9 Å². The number of rotatable bonds is 4. The van der Waals surface area contributed by atoms with Gasteiger partial charge >= 0.3 is 5.97 Å². The Morgan fingerprint density at radius 2 is 2.00 bits per heavy atom. The Morgan fingerprint density at radius 1 is 1.20 bits per heavy atom. The lowest BCUT2D eigenvalue weighted by Gasteiger charge is -2.28. The molecule has 0 saturated carbocycles. The SMILES string of the molecule is CN1C(=O)CC(C(=O)Nc2cccc(C(=O)O)c2)SC1=Nc1ccc2c(c1)OCO2. The van der Waals surface area contributed by atoms with E-state index in [0.29, 0.717) is 28.0 Å². The summed E-state index contributed by atoms with van der Waals surface area (Å²) in [5.41, 5.74) is 0.975. The Hall–Kier alpha value is -3.53. The predicted molar refractivity (Wildman–Crippen MR) is 110 cm³/mol. The van der Waals surface area contributed by atoms with Gasteiger partial charge in [-0.15, -0.1) is 0 Å². The maximum absolute atomic E-state index is 12.7. The summed E-state index contributed by atoms with van der Waals surface area (Å²) in [6, 6.07) is 11.1. The summed E-state index contributed by atoms with van der Waals surface area (Å²) in [6.07, 6.45) is 0.00573. The molecule has 1 atom stereocenters. The number of fused-ring (bicyclic) bond motifs is 1. The van der Waals surface area contributed by atoms with Gasteiger partial charge in [-0.2, -0.15) is 0 Å². The van der Waals surface area contributed by atoms with E-state index in [9.17, 15) is 14.4 Å². The van der Waals surface area contributed by atoms with Crippen LogP contribution < -0.4 is 14.8 Å². The summed E-state index contributed by atoms with van der Waals surface area (Å²) in [6.45, 7) is 0.147. The molecule has 2 heterocycles. The van der Waals surface area contributed by atoms with Crippen LogP contribution in [0.25, 0.3) is 0 Å². The van der Waals surface area contributed by atoms with Crippen LogP contribution in [0.1, 0.15) is 16.8 Å². The summed E-state index contributed by atoms with van der Waals surface area (Å²) in [5.74, 6) is -0.539. The Kier molecular flexibility index (Phi) is 5.32. The van der Waals surface area contributed by atoms with Gasteiger partial charge in [0.05, 0.1) is 11.3 Å². The van der Waals surface area contributed by atoms with E-state index in [4.69, 9.17) is 14.6 Å². The highest BCUT2D eigenvalue weighted by Crippen LogP contribution is 2.36. The zero-order valence-corrected chi connectivity index (χ0v) is 16.6. The van der Waals surface area contributed by atoms with E-state index in [2.05, 4.69) is 10.3 Å². The van der Waals surface area contributed by atoms with Crippen molar-refractivity contribution in [2.24, 2.45) is 4.99 Å². The molecule has 2 aromatic carbocycles. The fourth-order valence-electron chi connectivity index (χ4n) is 2.92. The first-order valence-corrected chi connectivity index (χ1v) is 9.84. The van der Waals surface area contributed by atoms with Gasteiger partial charge in [-0.25, -0.2) is 9.79 Å². The van der Waals surface area contributed by atoms with Crippen LogP contribution in [-0.4, -0.2) is 52.0 Å². The maximum atomic E-state index is 12.7. The molecule has 9 nitrogen and oxygen atoms in total. The van der Waals surface area contributed by atoms with E-state index >= 15 is 0 Å². The van der Waals surface area contributed by atoms with Crippen molar-refractivity contribution in [3.8, 4) is 11.5 Å². The van der Waals surface area contributed by atoms with Crippen molar-refractivity contribution in [1.82, 2.24) is 4.90 Å². The van der Waals surface area contributed by atoms with Crippen molar-refractivity contribution in [2.45, 2.75) is 11.7 Å². The van der Waals surface area contributed by atoms with E-state index in [1.807, 2.05) is 0 Å². The van der Waals surface area contributed by atoms with Gasteiger partial charge in [0.1, 0.15) is 5.25 Å². The molecule has 2 aliphatic rings. The van der Waals surface area contributed by atoms with Gasteiger partial charge in [-0.3, -0.25) is 14.5 Å². The lowest BCUT2D eigenvalue weighted by molar-refractivity contribution is -0.128. The van der Waals surface area contributed by atoms with Crippen molar-refractivity contribution in [1.29, 1.82) is 0 Å². The molecule has 30 heavy (non-hydrogen) atoms. The number of amidine groups is 1. The number of ether oxygens (including phenoxy) is 2. The average Bonchev–Trinajstić information content (AvgIpc) is 3.19. The average molecular weight is 427 g/mol. The molecule has 1 unspecified atom stereocenters. The van der Waals surface area contributed by atoms with Crippen molar-refractivity contribution in [3.05, 3.63) is 48.0 Å². The number of amides is 2. The molecule has 0 aliphatic carbocycles. The van der Waals surface area contributed by atoms with Gasteiger partial charge in [0, 0.05) is 25.2 Å². The first-order valence-electron chi connectivity index (χ1n) is 8.96. The molecule has 0 aromatic heterocycles. The first-order chi connectivity index (χ1) is 14.4. The molecule has 2 aliphatic heterocycles. The molecular formula is C20H17N3O6S. The number of aliphatic imine (C=N–C) groups is 1. The molecule has 2 aromatic rings. The Labute approximate surface area is 175 Å². The van der Waals surface area contributed by atoms with Gasteiger partial charge in [-0.05, 0) is 30.3 Å². The van der Waals surface area contributed by atoms with E-state index in [1.165, 1.54) is 17.0 Å². The fourth-order valence-corrected chi connectivity index (χ4v) is 3.98. The zero-order valence-electron chi connectivity index (χ0n) is 15.8. The molecule has 154 valence electrons. The molecule has 0 radical (unpaired) electrons. The second-order valence-corrected chi connectivity index (χ2v) is 7.74. The van der Waals surface area contributed by atoms with Crippen LogP contribution in [0.3, 0.4) is 0 Å². The van der Waals surface area contributed by atoms with Gasteiger partial charge in [0.15, 0.2) is 16.7 Å². The summed E-state index contributed by atoms with van der Waals surface area (Å²) < 4.78 is 10.6. The quantitative estimate of drug-likeness (QED) is 0.770. The molecule has 2 N–H and O–H groups in total. The monoisotopic (exact) mass is 427 g/mol. The highest BCUT2D eigenvalue weighted by molar-refractivity contribution is 8.15. The molecule has 10 heteroatoms. The van der Waals surface area contributed by atoms with E-state index < -0.39 is 17.1 Å². The highest BCUT2D eigenvalue weighted by atomic mass is 32.2. The molecule has 2 amide bonds. The van der Waals surface area contributed by atoms with Crippen LogP contribution in [0.4, 0.5) is 11.4 Å². The highest BCUT2D eigenvalue weighted by Gasteiger charge is 2.34. The van der Waals surface area contributed by atoms with E-state index in [0.717, 1.165) is 11.8 Å². The normalized spacial score (nSPS) is 19.1. The van der Waals surface area contributed by atoms with Crippen LogP contribution in [0.15, 0.2) is 47.5 Å². The number of anilines is 1. The predicted octanol–water partition coefficient (Wildman–Crippen LogP) is 2.70. The van der Waals surface area contributed by atoms with Crippen LogP contribution in [0.2, 0.25) is 0 Å². The zero-order chi connectivity index (χ0) is 21.3. The first kappa shape index (κ1) is 19.8. The minimum Gasteiger partial charge on any atom is -0.478 e. The van der Waals surface area contributed by atoms with Gasteiger partial charge in [0.25, 0.3) is 0 Å². The van der Waals surface area contributed by atoms with Gasteiger partial charge in [-0.1, -0.05) is 17.8 Å². The fraction of sp³-hybridized carbons (Fsp3) is 0.200. The second kappa shape index (κ2) is 8.07. The van der Waals surface area contributed by atoms with Crippen LogP contribution >= 0.6 is 11.8 Å². The lowest BCUT2D eigenvalue weighted by atomic mass is 10.2. The number of benzene rings is 2. The number of thioether (sulfide) groups is 1. The molecular weight excluding hydrogens is 410 g/mol. The summed E-state index contributed by atoms with van der Waals surface area (Å²) >= 11 is 1.16. The molecule has 1 saturated heterocycles. The third-order valence-corrected chi connectivity index (χ3v) is 5.76. The standard InChI is InChI=1S/C20H17N3O6S/c1-23-17(24)9-16(18(25)21-12-4-2-3-11(7-12)19(26)27)30-20(23)22-13-5-6-14-15(8-13)29-10-28-14/h2-8,16H,9-10H2,1H3,(H,21,25)(H,26,27). The minimum absolute atomic E-state index is 0.00573. The summed E-state index contributed by atoms with van der Waals surface area (Å²) in [4.78, 5) is 42.1. The summed E-state index contributed by atoms with van der Waals surface area (Å²) in [7, 11) is 1.60. The largest absolute Gasteiger partial charge is 0.478 e. The number of carboxylic acid groups (broad SMARTS) is 1. The van der Waals surface area contributed by atoms with Gasteiger partial charge in [0.2, 0.25) is 18.6 Å². The number of hydrogen-bond acceptors (Lipinski definition) is 7. The smallest absolute Gasteiger partial charge is 0.335 e. The molecule has 0 spiro atoms. The minimum atomic E-state index is -1.09. The molecule has 4 rings (SSSR count). The van der Waals surface area contributed by atoms with E-state index in [1.54, 1.807) is 37.4 Å². The Morgan fingerprint density at radius 3 is 2.80 bits per heavy atom. The number of nitrogens with one attached hydrogen (secondary N) is 1. The van der Waals surface area contributed by atoms with Crippen molar-refractivity contribution < 1.29 is 29.0 Å². The third-order valence-electron chi connectivity index (χ3n) is 4.52. The lowest BCUT2D eigenvalue weighted by Crippen LogP contribution is -2.43. The number of carbonyl (C=O) groups excluding carboxylic acids is 2. The number of nitrogens with zero attached hydrogens (tertiary/aromatic N) is 2. The third kappa shape index (κ3) is 4.08. The number of hydrogen-bond donors (Lipinski definition) is 2. The topological polar surface area (TPSA) is 118 Å². The maximum Gasteiger partial charge on any atom is 0.335 e. The Balaban J connectivity index is 1.52. The summed E-state index contributed by atoms with van der Waals surface area (Å²) in [5, 5.41) is 11.4. The number of carbonyl (C=O) groups is 3. The molecule has 0 bridgehead atoms. The number of aromatic carboxylic acids is 1. The van der Waals surface area contributed by atoms with Crippen molar-refractivity contribution >= 4 is 46.1 Å². The van der Waals surface area contributed by atoms with Crippen LogP contribution in [0, 0.1) is 0 Å². The Bertz CT molecular complexity index is 1070.